The standard InChI is InChI=1S/C5H13Si.3CH3.Sn/c1-5-6(2,3)4;;;;/h1,5H2,2-4H3;3*1H3;. The quantitative estimate of drug-likeness (QED) is 0.683. The minimum absolute atomic E-state index is 0.715. The third-order valence-corrected chi connectivity index (χ3v) is 9.80. The minimum atomic E-state index is -1.38. The molecule has 2 heteroatoms. The summed E-state index contributed by atoms with van der Waals surface area (Å²) in [6, 6.07) is 1.56. The van der Waals surface area contributed by atoms with Crippen molar-refractivity contribution < 1.29 is 0 Å². The normalized spacial score (nSPS) is 13.8. The van der Waals surface area contributed by atoms with E-state index in [9.17, 15) is 0 Å². The van der Waals surface area contributed by atoms with Crippen LogP contribution in [0, 0.1) is 0 Å². The second-order valence-electron chi connectivity index (χ2n) is 5.62. The van der Waals surface area contributed by atoms with Crippen LogP contribution >= 0.6 is 0 Å². The predicted octanol–water partition coefficient (Wildman–Crippen LogP) is 3.66. The molecule has 0 aromatic rings. The van der Waals surface area contributed by atoms with Gasteiger partial charge in [0.15, 0.2) is 0 Å². The van der Waals surface area contributed by atoms with Crippen LogP contribution in [-0.2, 0) is 0 Å². The Bertz CT molecular complexity index is 82.8. The van der Waals surface area contributed by atoms with Crippen molar-refractivity contribution in [3.05, 3.63) is 0 Å². The van der Waals surface area contributed by atoms with Gasteiger partial charge in [-0.1, -0.05) is 0 Å². The first-order chi connectivity index (χ1) is 4.21. The van der Waals surface area contributed by atoms with Crippen molar-refractivity contribution in [2.45, 2.75) is 44.9 Å². The molecule has 0 aliphatic carbocycles. The van der Waals surface area contributed by atoms with Gasteiger partial charge in [0.1, 0.15) is 0 Å². The Morgan fingerprint density at radius 3 is 1.50 bits per heavy atom. The number of hydrogen-bond donors (Lipinski definition) is 0. The van der Waals surface area contributed by atoms with Crippen molar-refractivity contribution in [1.82, 2.24) is 0 Å². The third kappa shape index (κ3) is 9.02. The van der Waals surface area contributed by atoms with Gasteiger partial charge >= 0.3 is 71.4 Å². The fourth-order valence-electron chi connectivity index (χ4n) is 0.750. The second-order valence-corrected chi connectivity index (χ2v) is 27.3. The Balaban J connectivity index is 3.56. The molecule has 0 amide bonds. The second kappa shape index (κ2) is 3.61. The molecule has 0 atom stereocenters. The van der Waals surface area contributed by atoms with E-state index in [1.54, 1.807) is 10.5 Å². The Kier molecular flexibility index (Phi) is 3.98. The molecule has 62 valence electrons. The van der Waals surface area contributed by atoms with Crippen molar-refractivity contribution >= 4 is 26.5 Å². The molecule has 0 spiro atoms. The van der Waals surface area contributed by atoms with E-state index in [0.717, 1.165) is 0 Å². The van der Waals surface area contributed by atoms with Gasteiger partial charge in [-0.15, -0.1) is 0 Å². The maximum atomic E-state index is 2.54. The molecule has 10 heavy (non-hydrogen) atoms. The fourth-order valence-corrected chi connectivity index (χ4v) is 15.1. The molecule has 0 aromatic heterocycles. The molecule has 0 saturated carbocycles. The van der Waals surface area contributed by atoms with Gasteiger partial charge in [0.25, 0.3) is 0 Å². The van der Waals surface area contributed by atoms with Crippen LogP contribution in [0.2, 0.25) is 44.9 Å². The van der Waals surface area contributed by atoms with E-state index >= 15 is 0 Å². The van der Waals surface area contributed by atoms with Crippen molar-refractivity contribution in [2.75, 3.05) is 0 Å². The summed E-state index contributed by atoms with van der Waals surface area (Å²) in [5.41, 5.74) is 0. The van der Waals surface area contributed by atoms with Crippen LogP contribution in [0.1, 0.15) is 0 Å². The molecule has 0 unspecified atom stereocenters. The Morgan fingerprint density at radius 1 is 1.00 bits per heavy atom. The Labute approximate surface area is 71.3 Å². The Morgan fingerprint density at radius 2 is 1.40 bits per heavy atom. The van der Waals surface area contributed by atoms with Crippen molar-refractivity contribution in [1.29, 1.82) is 0 Å². The third-order valence-electron chi connectivity index (χ3n) is 1.62. The molecule has 0 aromatic carbocycles. The average molecular weight is 265 g/mol. The van der Waals surface area contributed by atoms with Crippen LogP contribution in [0.5, 0.6) is 0 Å². The van der Waals surface area contributed by atoms with Crippen LogP contribution in [0.15, 0.2) is 0 Å². The van der Waals surface area contributed by atoms with E-state index in [2.05, 4.69) is 34.5 Å². The average Bonchev–Trinajstić information content (AvgIpc) is 1.57. The molecule has 0 radical (unpaired) electrons. The van der Waals surface area contributed by atoms with Crippen LogP contribution in [0.25, 0.3) is 0 Å². The summed E-state index contributed by atoms with van der Waals surface area (Å²) in [5, 5.41) is 0. The summed E-state index contributed by atoms with van der Waals surface area (Å²) in [5.74, 6) is 0. The fraction of sp³-hybridized carbons (Fsp3) is 1.00. The zero-order valence-electron chi connectivity index (χ0n) is 8.41. The van der Waals surface area contributed by atoms with Gasteiger partial charge in [0, 0.05) is 0 Å². The number of rotatable bonds is 3. The monoisotopic (exact) mass is 266 g/mol. The molecule has 0 heterocycles. The first kappa shape index (κ1) is 11.0. The molecule has 0 aliphatic heterocycles. The summed E-state index contributed by atoms with van der Waals surface area (Å²) < 4.78 is 1.60. The zero-order chi connectivity index (χ0) is 8.41. The van der Waals surface area contributed by atoms with E-state index < -0.39 is 26.5 Å². The number of hydrogen-bond acceptors (Lipinski definition) is 0. The SMILES string of the molecule is C[Si](C)(C)C[CH2][Sn]([CH3])([CH3])[CH3]. The first-order valence-electron chi connectivity index (χ1n) is 4.21. The summed E-state index contributed by atoms with van der Waals surface area (Å²) in [6.07, 6.45) is 0. The molecule has 0 rings (SSSR count). The van der Waals surface area contributed by atoms with Gasteiger partial charge in [-0.25, -0.2) is 0 Å². The van der Waals surface area contributed by atoms with Gasteiger partial charge < -0.3 is 0 Å². The van der Waals surface area contributed by atoms with Crippen molar-refractivity contribution in [3.63, 3.8) is 0 Å². The van der Waals surface area contributed by atoms with E-state index in [0.29, 0.717) is 0 Å². The van der Waals surface area contributed by atoms with Gasteiger partial charge in [0.05, 0.1) is 0 Å². The Hall–Kier alpha value is 1.02. The van der Waals surface area contributed by atoms with Crippen molar-refractivity contribution in [3.8, 4) is 0 Å². The molecule has 0 N–H and O–H groups in total. The summed E-state index contributed by atoms with van der Waals surface area (Å²) in [7, 11) is -0.715. The predicted molar refractivity (Wildman–Crippen MR) is 56.3 cm³/mol. The summed E-state index contributed by atoms with van der Waals surface area (Å²) in [4.78, 5) is 7.61. The molecule has 0 fully saturated rings. The first-order valence-corrected chi connectivity index (χ1v) is 18.5. The van der Waals surface area contributed by atoms with Crippen LogP contribution in [0.3, 0.4) is 0 Å². The molecular weight excluding hydrogens is 243 g/mol. The van der Waals surface area contributed by atoms with Crippen LogP contribution in [-0.4, -0.2) is 26.5 Å². The van der Waals surface area contributed by atoms with Crippen LogP contribution < -0.4 is 0 Å². The molecule has 0 saturated heterocycles. The molecule has 0 bridgehead atoms. The van der Waals surface area contributed by atoms with E-state index in [1.807, 2.05) is 0 Å². The van der Waals surface area contributed by atoms with Gasteiger partial charge in [-0.05, 0) is 0 Å². The maximum absolute atomic E-state index is 2.54. The summed E-state index contributed by atoms with van der Waals surface area (Å²) >= 11 is -1.38. The van der Waals surface area contributed by atoms with E-state index in [1.165, 1.54) is 0 Å². The summed E-state index contributed by atoms with van der Waals surface area (Å²) in [6.45, 7) is 7.43. The molecule has 0 nitrogen and oxygen atoms in total. The molecular formula is C8H22SiSn. The molecule has 0 aliphatic rings. The van der Waals surface area contributed by atoms with Gasteiger partial charge in [-0.2, -0.15) is 0 Å². The van der Waals surface area contributed by atoms with E-state index in [-0.39, 0.29) is 0 Å². The topological polar surface area (TPSA) is 0 Å². The van der Waals surface area contributed by atoms with Gasteiger partial charge in [0.2, 0.25) is 0 Å². The van der Waals surface area contributed by atoms with Crippen molar-refractivity contribution in [2.24, 2.45) is 0 Å². The van der Waals surface area contributed by atoms with Gasteiger partial charge in [-0.3, -0.25) is 0 Å². The zero-order valence-corrected chi connectivity index (χ0v) is 12.3. The van der Waals surface area contributed by atoms with E-state index in [4.69, 9.17) is 0 Å². The van der Waals surface area contributed by atoms with Crippen LogP contribution in [0.4, 0.5) is 0 Å².